The highest BCUT2D eigenvalue weighted by Crippen LogP contribution is 2.28. The third kappa shape index (κ3) is 5.93. The molecule has 7 heteroatoms. The van der Waals surface area contributed by atoms with Crippen molar-refractivity contribution in [2.24, 2.45) is 4.99 Å². The number of hydrogen-bond donors (Lipinski definition) is 1. The van der Waals surface area contributed by atoms with Crippen LogP contribution in [0.4, 0.5) is 0 Å². The lowest BCUT2D eigenvalue weighted by Gasteiger charge is -2.22. The van der Waals surface area contributed by atoms with Gasteiger partial charge in [-0.3, -0.25) is 4.99 Å². The smallest absolute Gasteiger partial charge is 0.193 e. The van der Waals surface area contributed by atoms with Gasteiger partial charge in [0.05, 0.1) is 21.3 Å². The zero-order valence-corrected chi connectivity index (χ0v) is 20.5. The normalized spacial score (nSPS) is 16.1. The van der Waals surface area contributed by atoms with Crippen LogP contribution in [0.15, 0.2) is 47.5 Å². The Kier molecular flexibility index (Phi) is 9.55. The molecule has 0 aromatic heterocycles. The lowest BCUT2D eigenvalue weighted by Crippen LogP contribution is -2.40. The molecular formula is C23H32IN3O3. The maximum Gasteiger partial charge on any atom is 0.193 e. The van der Waals surface area contributed by atoms with E-state index in [0.29, 0.717) is 5.92 Å². The molecule has 2 aromatic rings. The third-order valence-corrected chi connectivity index (χ3v) is 5.45. The van der Waals surface area contributed by atoms with E-state index in [1.165, 1.54) is 5.56 Å². The van der Waals surface area contributed by atoms with Crippen LogP contribution in [0.5, 0.6) is 17.2 Å². The van der Waals surface area contributed by atoms with Gasteiger partial charge < -0.3 is 24.4 Å². The number of likely N-dealkylation sites (tertiary alicyclic amines) is 1. The highest BCUT2D eigenvalue weighted by Gasteiger charge is 2.26. The Morgan fingerprint density at radius 3 is 2.37 bits per heavy atom. The highest BCUT2D eigenvalue weighted by atomic mass is 127. The lowest BCUT2D eigenvalue weighted by atomic mass is 9.98. The van der Waals surface area contributed by atoms with Gasteiger partial charge in [0.15, 0.2) is 5.96 Å². The molecule has 1 aliphatic heterocycles. The lowest BCUT2D eigenvalue weighted by molar-refractivity contribution is 0.398. The maximum atomic E-state index is 5.48. The van der Waals surface area contributed by atoms with Crippen LogP contribution >= 0.6 is 24.0 Å². The number of guanidine groups is 1. The minimum Gasteiger partial charge on any atom is -0.497 e. The van der Waals surface area contributed by atoms with Crippen molar-refractivity contribution in [3.63, 3.8) is 0 Å². The average Bonchev–Trinajstić information content (AvgIpc) is 3.26. The van der Waals surface area contributed by atoms with Gasteiger partial charge in [0.2, 0.25) is 0 Å². The first-order valence-electron chi connectivity index (χ1n) is 9.99. The van der Waals surface area contributed by atoms with Gasteiger partial charge >= 0.3 is 0 Å². The van der Waals surface area contributed by atoms with Crippen molar-refractivity contribution >= 4 is 29.9 Å². The second-order valence-corrected chi connectivity index (χ2v) is 7.11. The fourth-order valence-electron chi connectivity index (χ4n) is 3.82. The van der Waals surface area contributed by atoms with E-state index in [0.717, 1.165) is 61.2 Å². The van der Waals surface area contributed by atoms with Crippen LogP contribution in [-0.2, 0) is 6.42 Å². The fourth-order valence-corrected chi connectivity index (χ4v) is 3.82. The van der Waals surface area contributed by atoms with E-state index in [9.17, 15) is 0 Å². The summed E-state index contributed by atoms with van der Waals surface area (Å²) in [6.45, 7) is 2.74. The van der Waals surface area contributed by atoms with Crippen molar-refractivity contribution in [3.8, 4) is 17.2 Å². The quantitative estimate of drug-likeness (QED) is 0.337. The first kappa shape index (κ1) is 24.1. The minimum absolute atomic E-state index is 0. The van der Waals surface area contributed by atoms with Crippen molar-refractivity contribution in [2.75, 3.05) is 48.0 Å². The number of aliphatic imine (C=N–C) groups is 1. The van der Waals surface area contributed by atoms with E-state index in [1.54, 1.807) is 21.3 Å². The summed E-state index contributed by atoms with van der Waals surface area (Å²) in [5.41, 5.74) is 2.47. The number of methoxy groups -OCH3 is 3. The summed E-state index contributed by atoms with van der Waals surface area (Å²) in [5, 5.41) is 3.50. The van der Waals surface area contributed by atoms with Crippen LogP contribution in [0.25, 0.3) is 0 Å². The molecule has 1 atom stereocenters. The molecule has 0 radical (unpaired) electrons. The van der Waals surface area contributed by atoms with Crippen molar-refractivity contribution < 1.29 is 14.2 Å². The van der Waals surface area contributed by atoms with Gasteiger partial charge in [0.1, 0.15) is 17.2 Å². The Morgan fingerprint density at radius 2 is 1.73 bits per heavy atom. The first-order valence-corrected chi connectivity index (χ1v) is 9.99. The highest BCUT2D eigenvalue weighted by molar-refractivity contribution is 14.0. The number of nitrogens with one attached hydrogen (secondary N) is 1. The molecule has 0 aliphatic carbocycles. The van der Waals surface area contributed by atoms with Gasteiger partial charge in [-0.25, -0.2) is 0 Å². The second-order valence-electron chi connectivity index (χ2n) is 7.11. The summed E-state index contributed by atoms with van der Waals surface area (Å²) in [7, 11) is 6.91. The van der Waals surface area contributed by atoms with Gasteiger partial charge in [0, 0.05) is 32.6 Å². The minimum atomic E-state index is 0. The number of benzene rings is 2. The molecule has 0 amide bonds. The standard InChI is InChI=1S/C23H31N3O3.HI/c1-24-23(25-13-11-18-15-21(28-3)9-10-22(18)29-4)26-14-12-19(16-26)17-5-7-20(27-2)8-6-17;/h5-10,15,19H,11-14,16H2,1-4H3,(H,24,25);1H. The zero-order chi connectivity index (χ0) is 20.6. The van der Waals surface area contributed by atoms with Crippen LogP contribution in [0, 0.1) is 0 Å². The molecule has 0 spiro atoms. The van der Waals surface area contributed by atoms with E-state index in [1.807, 2.05) is 37.4 Å². The predicted molar refractivity (Wildman–Crippen MR) is 132 cm³/mol. The summed E-state index contributed by atoms with van der Waals surface area (Å²) < 4.78 is 16.1. The van der Waals surface area contributed by atoms with Crippen LogP contribution in [0.3, 0.4) is 0 Å². The number of nitrogens with zero attached hydrogens (tertiary/aromatic N) is 2. The maximum absolute atomic E-state index is 5.48. The van der Waals surface area contributed by atoms with Gasteiger partial charge in [-0.15, -0.1) is 24.0 Å². The molecule has 0 bridgehead atoms. The van der Waals surface area contributed by atoms with Crippen LogP contribution in [0.2, 0.25) is 0 Å². The Balaban J connectivity index is 0.00000320. The first-order chi connectivity index (χ1) is 14.2. The van der Waals surface area contributed by atoms with Crippen LogP contribution in [0.1, 0.15) is 23.5 Å². The molecule has 1 aliphatic rings. The Bertz CT molecular complexity index is 827. The molecule has 1 saturated heterocycles. The van der Waals surface area contributed by atoms with E-state index in [4.69, 9.17) is 14.2 Å². The van der Waals surface area contributed by atoms with E-state index in [2.05, 4.69) is 27.3 Å². The molecule has 1 N–H and O–H groups in total. The third-order valence-electron chi connectivity index (χ3n) is 5.45. The monoisotopic (exact) mass is 525 g/mol. The summed E-state index contributed by atoms with van der Waals surface area (Å²) >= 11 is 0. The number of ether oxygens (including phenoxy) is 3. The van der Waals surface area contributed by atoms with Gasteiger partial charge in [0.25, 0.3) is 0 Å². The zero-order valence-electron chi connectivity index (χ0n) is 18.2. The molecule has 1 fully saturated rings. The molecule has 6 nitrogen and oxygen atoms in total. The number of halogens is 1. The topological polar surface area (TPSA) is 55.3 Å². The second kappa shape index (κ2) is 11.9. The average molecular weight is 525 g/mol. The fraction of sp³-hybridized carbons (Fsp3) is 0.435. The molecule has 164 valence electrons. The molecular weight excluding hydrogens is 493 g/mol. The van der Waals surface area contributed by atoms with Gasteiger partial charge in [-0.05, 0) is 54.3 Å². The van der Waals surface area contributed by atoms with Gasteiger partial charge in [-0.2, -0.15) is 0 Å². The number of hydrogen-bond acceptors (Lipinski definition) is 4. The SMILES string of the molecule is CN=C(NCCc1cc(OC)ccc1OC)N1CCC(c2ccc(OC)cc2)C1.I. The summed E-state index contributed by atoms with van der Waals surface area (Å²) in [5.74, 6) is 4.07. The summed E-state index contributed by atoms with van der Waals surface area (Å²) in [4.78, 5) is 6.82. The molecule has 0 saturated carbocycles. The van der Waals surface area contributed by atoms with E-state index >= 15 is 0 Å². The molecule has 1 unspecified atom stereocenters. The van der Waals surface area contributed by atoms with Crippen molar-refractivity contribution in [1.29, 1.82) is 0 Å². The molecule has 1 heterocycles. The Labute approximate surface area is 196 Å². The van der Waals surface area contributed by atoms with Crippen LogP contribution < -0.4 is 19.5 Å². The Hall–Kier alpha value is -2.16. The predicted octanol–water partition coefficient (Wildman–Crippen LogP) is 3.94. The van der Waals surface area contributed by atoms with Crippen molar-refractivity contribution in [1.82, 2.24) is 10.2 Å². The van der Waals surface area contributed by atoms with Crippen molar-refractivity contribution in [3.05, 3.63) is 53.6 Å². The summed E-state index contributed by atoms with van der Waals surface area (Å²) in [6, 6.07) is 14.3. The Morgan fingerprint density at radius 1 is 1.03 bits per heavy atom. The van der Waals surface area contributed by atoms with E-state index < -0.39 is 0 Å². The summed E-state index contributed by atoms with van der Waals surface area (Å²) in [6.07, 6.45) is 1.95. The van der Waals surface area contributed by atoms with Crippen molar-refractivity contribution in [2.45, 2.75) is 18.8 Å². The molecule has 30 heavy (non-hydrogen) atoms. The number of rotatable bonds is 7. The van der Waals surface area contributed by atoms with Crippen LogP contribution in [-0.4, -0.2) is 58.9 Å². The van der Waals surface area contributed by atoms with Gasteiger partial charge in [-0.1, -0.05) is 12.1 Å². The largest absolute Gasteiger partial charge is 0.497 e. The molecule has 3 rings (SSSR count). The van der Waals surface area contributed by atoms with E-state index in [-0.39, 0.29) is 24.0 Å². The molecule has 2 aromatic carbocycles.